The van der Waals surface area contributed by atoms with Crippen LogP contribution in [0.5, 0.6) is 5.75 Å². The molecule has 0 unspecified atom stereocenters. The lowest BCUT2D eigenvalue weighted by atomic mass is 10.3. The Labute approximate surface area is 97.7 Å². The molecule has 0 fully saturated rings. The predicted molar refractivity (Wildman–Crippen MR) is 63.5 cm³/mol. The Morgan fingerprint density at radius 1 is 0.765 bits per heavy atom. The molecule has 0 bridgehead atoms. The highest BCUT2D eigenvalue weighted by molar-refractivity contribution is 5.42. The zero-order valence-corrected chi connectivity index (χ0v) is 8.85. The molecule has 5 heteroatoms. The number of hydrogen-bond acceptors (Lipinski definition) is 5. The molecule has 84 valence electrons. The molecule has 0 aromatic heterocycles. The highest BCUT2D eigenvalue weighted by Crippen LogP contribution is 2.20. The van der Waals surface area contributed by atoms with Crippen LogP contribution in [-0.4, -0.2) is 0 Å². The van der Waals surface area contributed by atoms with Gasteiger partial charge in [0.25, 0.3) is 0 Å². The van der Waals surface area contributed by atoms with Gasteiger partial charge in [0.15, 0.2) is 11.1 Å². The van der Waals surface area contributed by atoms with Gasteiger partial charge in [0.1, 0.15) is 0 Å². The Morgan fingerprint density at radius 3 is 1.94 bits per heavy atom. The molecule has 0 radical (unpaired) electrons. The van der Waals surface area contributed by atoms with E-state index < -0.39 is 0 Å². The van der Waals surface area contributed by atoms with Crippen molar-refractivity contribution in [1.82, 2.24) is 0 Å². The Hall–Kier alpha value is -2.56. The first-order chi connectivity index (χ1) is 8.38. The fraction of sp³-hybridized carbons (Fsp3) is 0. The minimum absolute atomic E-state index is 0.374. The van der Waals surface area contributed by atoms with Crippen LogP contribution in [0.15, 0.2) is 70.2 Å². The van der Waals surface area contributed by atoms with E-state index in [0.717, 1.165) is 5.69 Å². The minimum Gasteiger partial charge on any atom is -0.324 e. The molecular formula is C12H9N3O2. The lowest BCUT2D eigenvalue weighted by Crippen LogP contribution is -1.77. The summed E-state index contributed by atoms with van der Waals surface area (Å²) in [5.74, 6) is 0.374. The molecule has 2 aromatic carbocycles. The van der Waals surface area contributed by atoms with E-state index in [1.54, 1.807) is 24.3 Å². The highest BCUT2D eigenvalue weighted by Gasteiger charge is 1.94. The first-order valence-electron chi connectivity index (χ1n) is 4.95. The van der Waals surface area contributed by atoms with Crippen molar-refractivity contribution in [2.75, 3.05) is 0 Å². The molecule has 0 N–H and O–H groups in total. The number of rotatable bonds is 4. The summed E-state index contributed by atoms with van der Waals surface area (Å²) >= 11 is 0. The zero-order chi connectivity index (χ0) is 11.9. The highest BCUT2D eigenvalue weighted by atomic mass is 16.7. The maximum Gasteiger partial charge on any atom is 0.161 e. The Kier molecular flexibility index (Phi) is 3.54. The summed E-state index contributed by atoms with van der Waals surface area (Å²) in [7, 11) is 0. The van der Waals surface area contributed by atoms with Crippen molar-refractivity contribution in [3.63, 3.8) is 0 Å². The van der Waals surface area contributed by atoms with Crippen molar-refractivity contribution in [2.24, 2.45) is 15.6 Å². The predicted octanol–water partition coefficient (Wildman–Crippen LogP) is 4.16. The normalized spacial score (nSPS) is 10.4. The molecule has 0 aliphatic carbocycles. The van der Waals surface area contributed by atoms with E-state index in [1.807, 2.05) is 30.3 Å². The molecule has 5 nitrogen and oxygen atoms in total. The van der Waals surface area contributed by atoms with Crippen LogP contribution in [-0.2, 0) is 0 Å². The van der Waals surface area contributed by atoms with Crippen molar-refractivity contribution in [3.05, 3.63) is 59.5 Å². The van der Waals surface area contributed by atoms with Gasteiger partial charge in [-0.25, -0.2) is 0 Å². The van der Waals surface area contributed by atoms with Crippen LogP contribution >= 0.6 is 0 Å². The molecule has 2 rings (SSSR count). The average molecular weight is 227 g/mol. The topological polar surface area (TPSA) is 63.4 Å². The van der Waals surface area contributed by atoms with Crippen molar-refractivity contribution in [2.45, 2.75) is 0 Å². The standard InChI is InChI=1S/C12H9N3O2/c16-15-17-12-8-6-11(7-9-12)14-13-10-4-2-1-3-5-10/h1-9H. The smallest absolute Gasteiger partial charge is 0.161 e. The number of benzene rings is 2. The lowest BCUT2D eigenvalue weighted by Gasteiger charge is -1.95. The van der Waals surface area contributed by atoms with E-state index in [-0.39, 0.29) is 0 Å². The van der Waals surface area contributed by atoms with Crippen LogP contribution in [0.2, 0.25) is 0 Å². The van der Waals surface area contributed by atoms with Crippen molar-refractivity contribution in [3.8, 4) is 5.75 Å². The van der Waals surface area contributed by atoms with Crippen LogP contribution in [0.25, 0.3) is 0 Å². The van der Waals surface area contributed by atoms with Gasteiger partial charge in [-0.15, -0.1) is 4.91 Å². The van der Waals surface area contributed by atoms with Crippen LogP contribution in [0, 0.1) is 4.91 Å². The van der Waals surface area contributed by atoms with Gasteiger partial charge in [0.2, 0.25) is 0 Å². The van der Waals surface area contributed by atoms with Crippen LogP contribution in [0.1, 0.15) is 0 Å². The average Bonchev–Trinajstić information content (AvgIpc) is 2.40. The Balaban J connectivity index is 2.08. The van der Waals surface area contributed by atoms with Gasteiger partial charge in [0, 0.05) is 0 Å². The fourth-order valence-electron chi connectivity index (χ4n) is 1.23. The van der Waals surface area contributed by atoms with E-state index >= 15 is 0 Å². The molecule has 0 aliphatic rings. The maximum absolute atomic E-state index is 9.86. The van der Waals surface area contributed by atoms with Gasteiger partial charge >= 0.3 is 0 Å². The van der Waals surface area contributed by atoms with Gasteiger partial charge in [-0.3, -0.25) is 0 Å². The fourth-order valence-corrected chi connectivity index (χ4v) is 1.23. The molecule has 0 atom stereocenters. The number of hydrogen-bond donors (Lipinski definition) is 0. The summed E-state index contributed by atoms with van der Waals surface area (Å²) in [5, 5.41) is 10.4. The van der Waals surface area contributed by atoms with Gasteiger partial charge < -0.3 is 4.84 Å². The molecule has 0 saturated carbocycles. The summed E-state index contributed by atoms with van der Waals surface area (Å²) in [5.41, 5.74) is 1.45. The zero-order valence-electron chi connectivity index (χ0n) is 8.85. The van der Waals surface area contributed by atoms with Crippen LogP contribution in [0.4, 0.5) is 11.4 Å². The van der Waals surface area contributed by atoms with Crippen molar-refractivity contribution < 1.29 is 4.84 Å². The van der Waals surface area contributed by atoms with Crippen LogP contribution < -0.4 is 4.84 Å². The minimum atomic E-state index is 0.374. The van der Waals surface area contributed by atoms with Gasteiger partial charge in [0.05, 0.1) is 11.4 Å². The largest absolute Gasteiger partial charge is 0.324 e. The quantitative estimate of drug-likeness (QED) is 0.447. The van der Waals surface area contributed by atoms with Gasteiger partial charge in [-0.05, 0) is 36.4 Å². The third kappa shape index (κ3) is 3.20. The first-order valence-corrected chi connectivity index (χ1v) is 4.95. The van der Waals surface area contributed by atoms with E-state index in [4.69, 9.17) is 0 Å². The summed E-state index contributed by atoms with van der Waals surface area (Å²) in [6, 6.07) is 16.0. The molecule has 0 heterocycles. The summed E-state index contributed by atoms with van der Waals surface area (Å²) in [4.78, 5) is 14.3. The van der Waals surface area contributed by atoms with Crippen molar-refractivity contribution in [1.29, 1.82) is 0 Å². The third-order valence-electron chi connectivity index (χ3n) is 2.02. The van der Waals surface area contributed by atoms with Gasteiger partial charge in [-0.1, -0.05) is 18.2 Å². The van der Waals surface area contributed by atoms with E-state index in [9.17, 15) is 4.91 Å². The summed E-state index contributed by atoms with van der Waals surface area (Å²) in [6.45, 7) is 0. The maximum atomic E-state index is 9.86. The molecule has 2 aromatic rings. The summed E-state index contributed by atoms with van der Waals surface area (Å²) in [6.07, 6.45) is 0. The van der Waals surface area contributed by atoms with Crippen molar-refractivity contribution >= 4 is 11.4 Å². The molecule has 0 amide bonds. The second kappa shape index (κ2) is 5.50. The molecular weight excluding hydrogens is 218 g/mol. The monoisotopic (exact) mass is 227 g/mol. The Bertz CT molecular complexity index is 509. The van der Waals surface area contributed by atoms with E-state index in [0.29, 0.717) is 11.4 Å². The second-order valence-corrected chi connectivity index (χ2v) is 3.20. The number of azo groups is 1. The molecule has 0 saturated heterocycles. The lowest BCUT2D eigenvalue weighted by molar-refractivity contribution is 0.335. The Morgan fingerprint density at radius 2 is 1.35 bits per heavy atom. The SMILES string of the molecule is O=NOc1ccc(N=Nc2ccccc2)cc1. The molecule has 17 heavy (non-hydrogen) atoms. The molecule has 0 aliphatic heterocycles. The van der Waals surface area contributed by atoms with E-state index in [1.165, 1.54) is 0 Å². The summed E-state index contributed by atoms with van der Waals surface area (Å²) < 4.78 is 0. The van der Waals surface area contributed by atoms with Crippen LogP contribution in [0.3, 0.4) is 0 Å². The first kappa shape index (κ1) is 10.9. The molecule has 0 spiro atoms. The van der Waals surface area contributed by atoms with Gasteiger partial charge in [-0.2, -0.15) is 10.2 Å². The third-order valence-corrected chi connectivity index (χ3v) is 2.02. The second-order valence-electron chi connectivity index (χ2n) is 3.20. The number of nitrogens with zero attached hydrogens (tertiary/aromatic N) is 3. The van der Waals surface area contributed by atoms with E-state index in [2.05, 4.69) is 20.4 Å².